The molecule has 16 heavy (non-hydrogen) atoms. The van der Waals surface area contributed by atoms with Gasteiger partial charge in [0.2, 0.25) is 5.92 Å². The second kappa shape index (κ2) is 5.57. The average molecular weight is 235 g/mol. The van der Waals surface area contributed by atoms with Crippen LogP contribution in [0.15, 0.2) is 0 Å². The topological polar surface area (TPSA) is 52.3 Å². The van der Waals surface area contributed by atoms with Gasteiger partial charge in [-0.3, -0.25) is 4.79 Å². The van der Waals surface area contributed by atoms with Gasteiger partial charge in [-0.25, -0.2) is 8.78 Å². The van der Waals surface area contributed by atoms with E-state index >= 15 is 0 Å². The van der Waals surface area contributed by atoms with Crippen LogP contribution in [-0.2, 0) is 9.53 Å². The van der Waals surface area contributed by atoms with Crippen LogP contribution in [0.2, 0.25) is 0 Å². The first-order valence-corrected chi connectivity index (χ1v) is 5.73. The summed E-state index contributed by atoms with van der Waals surface area (Å²) in [5.41, 5.74) is 5.82. The molecular formula is C11H19F2NO2. The van der Waals surface area contributed by atoms with Crippen molar-refractivity contribution in [3.63, 3.8) is 0 Å². The van der Waals surface area contributed by atoms with E-state index in [2.05, 4.69) is 0 Å². The van der Waals surface area contributed by atoms with Crippen LogP contribution < -0.4 is 5.73 Å². The number of rotatable bonds is 4. The fourth-order valence-corrected chi connectivity index (χ4v) is 2.07. The molecule has 1 fully saturated rings. The fourth-order valence-electron chi connectivity index (χ4n) is 2.07. The predicted molar refractivity (Wildman–Crippen MR) is 56.1 cm³/mol. The lowest BCUT2D eigenvalue weighted by atomic mass is 9.81. The Kier molecular flexibility index (Phi) is 4.65. The van der Waals surface area contributed by atoms with E-state index in [4.69, 9.17) is 10.5 Å². The molecule has 1 aliphatic rings. The van der Waals surface area contributed by atoms with E-state index in [1.54, 1.807) is 6.92 Å². The summed E-state index contributed by atoms with van der Waals surface area (Å²) in [5, 5.41) is 0. The average Bonchev–Trinajstić information content (AvgIpc) is 2.17. The van der Waals surface area contributed by atoms with Crippen molar-refractivity contribution in [3.8, 4) is 0 Å². The zero-order chi connectivity index (χ0) is 12.2. The highest BCUT2D eigenvalue weighted by Gasteiger charge is 2.37. The monoisotopic (exact) mass is 235 g/mol. The molecule has 1 atom stereocenters. The standard InChI is InChI=1S/C11H19F2NO2/c1-2-16-10(15)7-9(14)8-3-5-11(12,13)6-4-8/h8-9H,2-7,14H2,1H3/t9-/m1/s1. The van der Waals surface area contributed by atoms with E-state index < -0.39 is 5.92 Å². The Balaban J connectivity index is 2.33. The van der Waals surface area contributed by atoms with E-state index in [-0.39, 0.29) is 37.2 Å². The van der Waals surface area contributed by atoms with Gasteiger partial charge in [0.05, 0.1) is 13.0 Å². The number of hydrogen-bond donors (Lipinski definition) is 1. The van der Waals surface area contributed by atoms with Gasteiger partial charge in [-0.2, -0.15) is 0 Å². The molecule has 3 nitrogen and oxygen atoms in total. The molecule has 94 valence electrons. The van der Waals surface area contributed by atoms with Crippen LogP contribution in [0.3, 0.4) is 0 Å². The smallest absolute Gasteiger partial charge is 0.307 e. The van der Waals surface area contributed by atoms with Crippen molar-refractivity contribution in [2.24, 2.45) is 11.7 Å². The molecule has 0 heterocycles. The molecule has 0 aromatic rings. The SMILES string of the molecule is CCOC(=O)C[C@@H](N)C1CCC(F)(F)CC1. The normalized spacial score (nSPS) is 22.8. The van der Waals surface area contributed by atoms with Crippen molar-refractivity contribution in [3.05, 3.63) is 0 Å². The number of carbonyl (C=O) groups is 1. The molecule has 0 spiro atoms. The maximum atomic E-state index is 12.9. The van der Waals surface area contributed by atoms with Crippen molar-refractivity contribution in [1.82, 2.24) is 0 Å². The van der Waals surface area contributed by atoms with Crippen LogP contribution in [0.25, 0.3) is 0 Å². The summed E-state index contributed by atoms with van der Waals surface area (Å²) >= 11 is 0. The van der Waals surface area contributed by atoms with Crippen molar-refractivity contribution in [2.45, 2.75) is 51.0 Å². The molecule has 0 unspecified atom stereocenters. The summed E-state index contributed by atoms with van der Waals surface area (Å²) in [6, 6.07) is -0.352. The number of ether oxygens (including phenoxy) is 1. The van der Waals surface area contributed by atoms with Crippen LogP contribution >= 0.6 is 0 Å². The van der Waals surface area contributed by atoms with E-state index in [1.165, 1.54) is 0 Å². The van der Waals surface area contributed by atoms with Crippen LogP contribution in [0.1, 0.15) is 39.0 Å². The molecule has 0 radical (unpaired) electrons. The molecule has 0 aliphatic heterocycles. The Labute approximate surface area is 94.3 Å². The van der Waals surface area contributed by atoms with Gasteiger partial charge in [0, 0.05) is 18.9 Å². The molecule has 0 saturated heterocycles. The van der Waals surface area contributed by atoms with Gasteiger partial charge < -0.3 is 10.5 Å². The quantitative estimate of drug-likeness (QED) is 0.759. The van der Waals surface area contributed by atoms with Crippen molar-refractivity contribution in [2.75, 3.05) is 6.61 Å². The molecular weight excluding hydrogens is 216 g/mol. The van der Waals surface area contributed by atoms with Gasteiger partial charge in [-0.1, -0.05) is 0 Å². The Morgan fingerprint density at radius 2 is 2.06 bits per heavy atom. The van der Waals surface area contributed by atoms with Gasteiger partial charge in [0.25, 0.3) is 0 Å². The summed E-state index contributed by atoms with van der Waals surface area (Å²) < 4.78 is 30.6. The Hall–Kier alpha value is -0.710. The van der Waals surface area contributed by atoms with E-state index in [9.17, 15) is 13.6 Å². The maximum Gasteiger partial charge on any atom is 0.307 e. The molecule has 0 aromatic heterocycles. The molecule has 1 saturated carbocycles. The van der Waals surface area contributed by atoms with Crippen molar-refractivity contribution >= 4 is 5.97 Å². The first kappa shape index (κ1) is 13.4. The number of esters is 1. The summed E-state index contributed by atoms with van der Waals surface area (Å²) in [4.78, 5) is 11.2. The molecule has 0 aromatic carbocycles. The predicted octanol–water partition coefficient (Wildman–Crippen LogP) is 2.09. The van der Waals surface area contributed by atoms with Gasteiger partial charge in [-0.05, 0) is 25.7 Å². The number of hydrogen-bond acceptors (Lipinski definition) is 3. The highest BCUT2D eigenvalue weighted by atomic mass is 19.3. The maximum absolute atomic E-state index is 12.9. The molecule has 1 aliphatic carbocycles. The van der Waals surface area contributed by atoms with Crippen LogP contribution in [0.5, 0.6) is 0 Å². The summed E-state index contributed by atoms with van der Waals surface area (Å²) in [6.45, 7) is 2.05. The number of halogens is 2. The summed E-state index contributed by atoms with van der Waals surface area (Å²) in [7, 11) is 0. The Bertz CT molecular complexity index is 236. The molecule has 0 amide bonds. The lowest BCUT2D eigenvalue weighted by Crippen LogP contribution is -2.37. The highest BCUT2D eigenvalue weighted by molar-refractivity contribution is 5.70. The largest absolute Gasteiger partial charge is 0.466 e. The van der Waals surface area contributed by atoms with Gasteiger partial charge in [0.15, 0.2) is 0 Å². The zero-order valence-corrected chi connectivity index (χ0v) is 9.55. The Morgan fingerprint density at radius 3 is 2.56 bits per heavy atom. The molecule has 1 rings (SSSR count). The first-order chi connectivity index (χ1) is 7.44. The van der Waals surface area contributed by atoms with Crippen LogP contribution in [-0.4, -0.2) is 24.5 Å². The van der Waals surface area contributed by atoms with Gasteiger partial charge >= 0.3 is 5.97 Å². The van der Waals surface area contributed by atoms with Crippen molar-refractivity contribution < 1.29 is 18.3 Å². The summed E-state index contributed by atoms with van der Waals surface area (Å²) in [5.74, 6) is -2.86. The second-order valence-corrected chi connectivity index (χ2v) is 4.37. The lowest BCUT2D eigenvalue weighted by molar-refractivity contribution is -0.144. The summed E-state index contributed by atoms with van der Waals surface area (Å²) in [6.07, 6.45) is 0.688. The fraction of sp³-hybridized carbons (Fsp3) is 0.909. The highest BCUT2D eigenvalue weighted by Crippen LogP contribution is 2.37. The van der Waals surface area contributed by atoms with Crippen LogP contribution in [0.4, 0.5) is 8.78 Å². The Morgan fingerprint density at radius 1 is 1.50 bits per heavy atom. The molecule has 5 heteroatoms. The first-order valence-electron chi connectivity index (χ1n) is 5.73. The van der Waals surface area contributed by atoms with Crippen molar-refractivity contribution in [1.29, 1.82) is 0 Å². The van der Waals surface area contributed by atoms with E-state index in [1.807, 2.05) is 0 Å². The molecule has 2 N–H and O–H groups in total. The minimum Gasteiger partial charge on any atom is -0.466 e. The number of nitrogens with two attached hydrogens (primary N) is 1. The third-order valence-electron chi connectivity index (χ3n) is 3.07. The zero-order valence-electron chi connectivity index (χ0n) is 9.55. The number of alkyl halides is 2. The second-order valence-electron chi connectivity index (χ2n) is 4.37. The third kappa shape index (κ3) is 4.04. The van der Waals surface area contributed by atoms with E-state index in [0.29, 0.717) is 19.4 Å². The molecule has 0 bridgehead atoms. The van der Waals surface area contributed by atoms with Crippen LogP contribution in [0, 0.1) is 5.92 Å². The minimum atomic E-state index is -2.54. The van der Waals surface area contributed by atoms with Gasteiger partial charge in [0.1, 0.15) is 0 Å². The van der Waals surface area contributed by atoms with Gasteiger partial charge in [-0.15, -0.1) is 0 Å². The van der Waals surface area contributed by atoms with E-state index in [0.717, 1.165) is 0 Å². The lowest BCUT2D eigenvalue weighted by Gasteiger charge is -2.31. The third-order valence-corrected chi connectivity index (χ3v) is 3.07. The number of carbonyl (C=O) groups excluding carboxylic acids is 1. The minimum absolute atomic E-state index is 0.0176.